The van der Waals surface area contributed by atoms with Crippen LogP contribution < -0.4 is 0 Å². The molecule has 0 fully saturated rings. The van der Waals surface area contributed by atoms with Crippen molar-refractivity contribution in [3.63, 3.8) is 0 Å². The van der Waals surface area contributed by atoms with Crippen molar-refractivity contribution in [1.29, 1.82) is 0 Å². The summed E-state index contributed by atoms with van der Waals surface area (Å²) in [5, 5.41) is 13.5. The topological polar surface area (TPSA) is 55.1 Å². The number of carboxylic acid groups (broad SMARTS) is 1. The Labute approximate surface area is 130 Å². The maximum Gasteiger partial charge on any atom is 0.303 e. The van der Waals surface area contributed by atoms with Crippen LogP contribution in [0.2, 0.25) is 0 Å². The zero-order valence-corrected chi connectivity index (χ0v) is 12.5. The second-order valence-corrected chi connectivity index (χ2v) is 5.60. The average molecular weight is 296 g/mol. The van der Waals surface area contributed by atoms with Gasteiger partial charge >= 0.3 is 5.97 Å². The Balaban J connectivity index is 1.91. The van der Waals surface area contributed by atoms with E-state index in [-0.39, 0.29) is 6.42 Å². The molecular weight excluding hydrogens is 276 g/mol. The Bertz CT molecular complexity index is 687. The fourth-order valence-corrected chi connectivity index (χ4v) is 2.95. The lowest BCUT2D eigenvalue weighted by molar-refractivity contribution is -0.136. The highest BCUT2D eigenvalue weighted by Gasteiger charge is 2.20. The summed E-state index contributed by atoms with van der Waals surface area (Å²) in [6.07, 6.45) is 9.12. The summed E-state index contributed by atoms with van der Waals surface area (Å²) in [6.45, 7) is 0. The van der Waals surface area contributed by atoms with E-state index in [0.29, 0.717) is 6.42 Å². The van der Waals surface area contributed by atoms with Crippen LogP contribution in [0.3, 0.4) is 0 Å². The fourth-order valence-electron chi connectivity index (χ4n) is 2.95. The molecule has 2 aromatic rings. The van der Waals surface area contributed by atoms with Crippen LogP contribution in [0, 0.1) is 0 Å². The number of hydrogen-bond donors (Lipinski definition) is 1. The first kappa shape index (κ1) is 14.6. The molecule has 0 unspecified atom stereocenters. The monoisotopic (exact) mass is 296 g/mol. The number of rotatable bonds is 5. The molecule has 1 N–H and O–H groups in total. The molecule has 22 heavy (non-hydrogen) atoms. The molecule has 1 aromatic carbocycles. The number of carbonyl (C=O) groups is 1. The third kappa shape index (κ3) is 3.11. The highest BCUT2D eigenvalue weighted by Crippen LogP contribution is 2.27. The van der Waals surface area contributed by atoms with E-state index in [1.807, 2.05) is 35.0 Å². The summed E-state index contributed by atoms with van der Waals surface area (Å²) in [5.74, 6) is -0.763. The van der Waals surface area contributed by atoms with Crippen molar-refractivity contribution in [2.75, 3.05) is 0 Å². The van der Waals surface area contributed by atoms with Crippen LogP contribution >= 0.6 is 0 Å². The van der Waals surface area contributed by atoms with Gasteiger partial charge in [0, 0.05) is 17.7 Å². The number of para-hydroxylation sites is 1. The van der Waals surface area contributed by atoms with Gasteiger partial charge in [-0.2, -0.15) is 5.10 Å². The first-order valence-corrected chi connectivity index (χ1v) is 7.80. The summed E-state index contributed by atoms with van der Waals surface area (Å²) < 4.78 is 2.05. The predicted molar refractivity (Wildman–Crippen MR) is 86.1 cm³/mol. The van der Waals surface area contributed by atoms with Crippen molar-refractivity contribution < 1.29 is 9.90 Å². The minimum Gasteiger partial charge on any atom is -0.481 e. The number of hydrogen-bond acceptors (Lipinski definition) is 2. The van der Waals surface area contributed by atoms with Crippen molar-refractivity contribution in [1.82, 2.24) is 9.78 Å². The second-order valence-electron chi connectivity index (χ2n) is 5.60. The van der Waals surface area contributed by atoms with Crippen molar-refractivity contribution >= 4 is 12.0 Å². The summed E-state index contributed by atoms with van der Waals surface area (Å²) in [4.78, 5) is 10.6. The van der Waals surface area contributed by atoms with E-state index in [4.69, 9.17) is 10.2 Å². The number of nitrogens with zero attached hydrogens (tertiary/aromatic N) is 2. The van der Waals surface area contributed by atoms with Crippen molar-refractivity contribution in [3.05, 3.63) is 53.4 Å². The molecule has 0 atom stereocenters. The van der Waals surface area contributed by atoms with E-state index in [2.05, 4.69) is 12.1 Å². The molecule has 4 nitrogen and oxygen atoms in total. The average Bonchev–Trinajstić information content (AvgIpc) is 2.91. The molecule has 0 spiro atoms. The van der Waals surface area contributed by atoms with Crippen molar-refractivity contribution in [2.24, 2.45) is 0 Å². The molecular formula is C18H20N2O2. The highest BCUT2D eigenvalue weighted by atomic mass is 16.4. The van der Waals surface area contributed by atoms with E-state index in [0.717, 1.165) is 24.2 Å². The minimum atomic E-state index is -0.763. The van der Waals surface area contributed by atoms with Crippen LogP contribution in [-0.2, 0) is 17.6 Å². The molecule has 1 aliphatic rings. The lowest BCUT2D eigenvalue weighted by atomic mass is 9.95. The lowest BCUT2D eigenvalue weighted by Crippen LogP contribution is -2.07. The predicted octanol–water partition coefficient (Wildman–Crippen LogP) is 3.63. The number of benzene rings is 1. The first-order valence-electron chi connectivity index (χ1n) is 7.80. The molecule has 3 rings (SSSR count). The Morgan fingerprint density at radius 3 is 2.77 bits per heavy atom. The van der Waals surface area contributed by atoms with Gasteiger partial charge in [-0.15, -0.1) is 0 Å². The normalized spacial score (nSPS) is 14.2. The molecule has 4 heteroatoms. The number of fused-ring (bicyclic) bond motifs is 1. The summed E-state index contributed by atoms with van der Waals surface area (Å²) in [7, 11) is 0. The SMILES string of the molecule is O=C(O)CC/C=C\c1nn(-c2ccccc2)c2c1CCCC2. The molecule has 0 saturated heterocycles. The largest absolute Gasteiger partial charge is 0.481 e. The van der Waals surface area contributed by atoms with E-state index in [1.54, 1.807) is 0 Å². The van der Waals surface area contributed by atoms with E-state index in [1.165, 1.54) is 24.1 Å². The van der Waals surface area contributed by atoms with Crippen LogP contribution in [0.5, 0.6) is 0 Å². The number of aliphatic carboxylic acids is 1. The smallest absolute Gasteiger partial charge is 0.303 e. The van der Waals surface area contributed by atoms with Gasteiger partial charge in [-0.25, -0.2) is 4.68 Å². The number of carboxylic acids is 1. The summed E-state index contributed by atoms with van der Waals surface area (Å²) >= 11 is 0. The highest BCUT2D eigenvalue weighted by molar-refractivity contribution is 5.67. The van der Waals surface area contributed by atoms with Crippen LogP contribution in [0.4, 0.5) is 0 Å². The zero-order valence-electron chi connectivity index (χ0n) is 12.5. The molecule has 0 aliphatic heterocycles. The molecule has 0 bridgehead atoms. The Morgan fingerprint density at radius 1 is 1.23 bits per heavy atom. The zero-order chi connectivity index (χ0) is 15.4. The molecule has 1 aliphatic carbocycles. The quantitative estimate of drug-likeness (QED) is 0.916. The fraction of sp³-hybridized carbons (Fsp3) is 0.333. The number of aromatic nitrogens is 2. The van der Waals surface area contributed by atoms with Crippen molar-refractivity contribution in [3.8, 4) is 5.69 Å². The lowest BCUT2D eigenvalue weighted by Gasteiger charge is -2.13. The third-order valence-electron chi connectivity index (χ3n) is 4.01. The van der Waals surface area contributed by atoms with Gasteiger partial charge in [-0.05, 0) is 50.3 Å². The van der Waals surface area contributed by atoms with Gasteiger partial charge in [0.15, 0.2) is 0 Å². The maximum atomic E-state index is 10.6. The second kappa shape index (κ2) is 6.60. The van der Waals surface area contributed by atoms with Gasteiger partial charge in [0.2, 0.25) is 0 Å². The summed E-state index contributed by atoms with van der Waals surface area (Å²) in [6, 6.07) is 10.2. The Morgan fingerprint density at radius 2 is 2.00 bits per heavy atom. The van der Waals surface area contributed by atoms with Gasteiger partial charge in [0.05, 0.1) is 11.4 Å². The minimum absolute atomic E-state index is 0.165. The molecule has 0 amide bonds. The van der Waals surface area contributed by atoms with Gasteiger partial charge in [-0.1, -0.05) is 24.3 Å². The molecule has 0 saturated carbocycles. The van der Waals surface area contributed by atoms with E-state index < -0.39 is 5.97 Å². The van der Waals surface area contributed by atoms with Crippen LogP contribution in [-0.4, -0.2) is 20.9 Å². The van der Waals surface area contributed by atoms with Crippen LogP contribution in [0.15, 0.2) is 36.4 Å². The van der Waals surface area contributed by atoms with Gasteiger partial charge in [-0.3, -0.25) is 4.79 Å². The molecule has 1 aromatic heterocycles. The van der Waals surface area contributed by atoms with Crippen LogP contribution in [0.25, 0.3) is 11.8 Å². The Hall–Kier alpha value is -2.36. The third-order valence-corrected chi connectivity index (χ3v) is 4.01. The summed E-state index contributed by atoms with van der Waals surface area (Å²) in [5.41, 5.74) is 4.70. The first-order chi connectivity index (χ1) is 10.8. The Kier molecular flexibility index (Phi) is 4.37. The maximum absolute atomic E-state index is 10.6. The molecule has 1 heterocycles. The van der Waals surface area contributed by atoms with Gasteiger partial charge < -0.3 is 5.11 Å². The van der Waals surface area contributed by atoms with E-state index >= 15 is 0 Å². The van der Waals surface area contributed by atoms with Gasteiger partial charge in [0.25, 0.3) is 0 Å². The molecule has 114 valence electrons. The number of allylic oxidation sites excluding steroid dienone is 1. The van der Waals surface area contributed by atoms with Gasteiger partial charge in [0.1, 0.15) is 0 Å². The van der Waals surface area contributed by atoms with E-state index in [9.17, 15) is 4.79 Å². The van der Waals surface area contributed by atoms with Crippen LogP contribution in [0.1, 0.15) is 42.6 Å². The standard InChI is InChI=1S/C18H20N2O2/c21-18(22)13-7-5-11-16-15-10-4-6-12-17(15)20(19-16)14-8-2-1-3-9-14/h1-3,5,8-9,11H,4,6-7,10,12-13H2,(H,21,22)/b11-5-. The molecule has 0 radical (unpaired) electrons. The van der Waals surface area contributed by atoms with Crippen molar-refractivity contribution in [2.45, 2.75) is 38.5 Å².